The highest BCUT2D eigenvalue weighted by atomic mass is 35.5. The molecule has 7 heteroatoms. The molecule has 0 aliphatic heterocycles. The topological polar surface area (TPSA) is 53.9 Å². The fourth-order valence-corrected chi connectivity index (χ4v) is 3.13. The standard InChI is InChI=1S/C14H20ClN5S/c1-4-10-7-8-21-11(10)9-16-13-17-12(15)18-14(19-13)20(5-2)6-3/h7-8H,4-6,9H2,1-3H3,(H,16,17,18,19). The number of halogens is 1. The van der Waals surface area contributed by atoms with Gasteiger partial charge >= 0.3 is 0 Å². The summed E-state index contributed by atoms with van der Waals surface area (Å²) in [5.41, 5.74) is 1.36. The van der Waals surface area contributed by atoms with Crippen LogP contribution in [0.5, 0.6) is 0 Å². The van der Waals surface area contributed by atoms with Gasteiger partial charge in [0, 0.05) is 18.0 Å². The third-order valence-electron chi connectivity index (χ3n) is 3.27. The quantitative estimate of drug-likeness (QED) is 0.842. The molecule has 0 bridgehead atoms. The monoisotopic (exact) mass is 325 g/mol. The molecule has 0 fully saturated rings. The minimum absolute atomic E-state index is 0.219. The van der Waals surface area contributed by atoms with Crippen LogP contribution in [0.25, 0.3) is 0 Å². The van der Waals surface area contributed by atoms with Gasteiger partial charge < -0.3 is 10.2 Å². The second-order valence-corrected chi connectivity index (χ2v) is 5.82. The van der Waals surface area contributed by atoms with Crippen molar-refractivity contribution in [3.05, 3.63) is 27.2 Å². The van der Waals surface area contributed by atoms with E-state index in [1.165, 1.54) is 10.4 Å². The second kappa shape index (κ2) is 7.56. The molecule has 0 unspecified atom stereocenters. The van der Waals surface area contributed by atoms with Crippen LogP contribution < -0.4 is 10.2 Å². The Kier molecular flexibility index (Phi) is 5.76. The number of thiophene rings is 1. The fourth-order valence-electron chi connectivity index (χ4n) is 2.06. The van der Waals surface area contributed by atoms with Crippen LogP contribution in [0.2, 0.25) is 5.28 Å². The van der Waals surface area contributed by atoms with E-state index in [1.54, 1.807) is 11.3 Å². The summed E-state index contributed by atoms with van der Waals surface area (Å²) in [6.07, 6.45) is 1.03. The average Bonchev–Trinajstić information content (AvgIpc) is 2.93. The molecule has 0 aromatic carbocycles. The van der Waals surface area contributed by atoms with Crippen molar-refractivity contribution in [1.82, 2.24) is 15.0 Å². The fraction of sp³-hybridized carbons (Fsp3) is 0.500. The van der Waals surface area contributed by atoms with Crippen LogP contribution >= 0.6 is 22.9 Å². The molecular weight excluding hydrogens is 306 g/mol. The molecule has 1 N–H and O–H groups in total. The van der Waals surface area contributed by atoms with Crippen molar-refractivity contribution in [1.29, 1.82) is 0 Å². The number of nitrogens with zero attached hydrogens (tertiary/aromatic N) is 4. The van der Waals surface area contributed by atoms with Crippen molar-refractivity contribution in [2.24, 2.45) is 0 Å². The highest BCUT2D eigenvalue weighted by Crippen LogP contribution is 2.19. The molecule has 0 saturated heterocycles. The third kappa shape index (κ3) is 4.04. The molecule has 0 aliphatic rings. The Hall–Kier alpha value is -1.40. The summed E-state index contributed by atoms with van der Waals surface area (Å²) in [5, 5.41) is 5.57. The zero-order valence-corrected chi connectivity index (χ0v) is 14.1. The minimum Gasteiger partial charge on any atom is -0.349 e. The van der Waals surface area contributed by atoms with Crippen LogP contribution in [-0.2, 0) is 13.0 Å². The summed E-state index contributed by atoms with van der Waals surface area (Å²) in [7, 11) is 0. The van der Waals surface area contributed by atoms with Gasteiger partial charge in [0.25, 0.3) is 0 Å². The average molecular weight is 326 g/mol. The van der Waals surface area contributed by atoms with Gasteiger partial charge in [-0.3, -0.25) is 0 Å². The first-order chi connectivity index (χ1) is 10.2. The summed E-state index contributed by atoms with van der Waals surface area (Å²) < 4.78 is 0. The number of aromatic nitrogens is 3. The molecule has 0 aliphatic carbocycles. The van der Waals surface area contributed by atoms with E-state index >= 15 is 0 Å². The van der Waals surface area contributed by atoms with E-state index in [0.29, 0.717) is 18.4 Å². The molecule has 5 nitrogen and oxygen atoms in total. The Labute approximate surface area is 134 Å². The number of nitrogens with one attached hydrogen (secondary N) is 1. The second-order valence-electron chi connectivity index (χ2n) is 4.48. The van der Waals surface area contributed by atoms with Crippen molar-refractivity contribution in [3.8, 4) is 0 Å². The Morgan fingerprint density at radius 2 is 1.95 bits per heavy atom. The zero-order valence-electron chi connectivity index (χ0n) is 12.6. The maximum absolute atomic E-state index is 6.00. The molecule has 0 spiro atoms. The lowest BCUT2D eigenvalue weighted by Crippen LogP contribution is -2.25. The van der Waals surface area contributed by atoms with Crippen LogP contribution in [0.4, 0.5) is 11.9 Å². The van der Waals surface area contributed by atoms with Gasteiger partial charge in [-0.2, -0.15) is 15.0 Å². The molecular formula is C14H20ClN5S. The molecule has 0 atom stereocenters. The van der Waals surface area contributed by atoms with Gasteiger partial charge in [-0.05, 0) is 48.9 Å². The maximum atomic E-state index is 6.00. The molecule has 114 valence electrons. The van der Waals surface area contributed by atoms with Crippen LogP contribution in [0.1, 0.15) is 31.2 Å². The number of rotatable bonds is 7. The van der Waals surface area contributed by atoms with Crippen LogP contribution in [-0.4, -0.2) is 28.0 Å². The highest BCUT2D eigenvalue weighted by molar-refractivity contribution is 7.10. The van der Waals surface area contributed by atoms with Crippen molar-refractivity contribution in [3.63, 3.8) is 0 Å². The maximum Gasteiger partial charge on any atom is 0.231 e. The molecule has 2 rings (SSSR count). The normalized spacial score (nSPS) is 10.7. The summed E-state index contributed by atoms with van der Waals surface area (Å²) in [6.45, 7) is 8.66. The van der Waals surface area contributed by atoms with Crippen molar-refractivity contribution < 1.29 is 0 Å². The van der Waals surface area contributed by atoms with Crippen molar-refractivity contribution >= 4 is 34.8 Å². The Morgan fingerprint density at radius 3 is 2.62 bits per heavy atom. The third-order valence-corrected chi connectivity index (χ3v) is 4.40. The predicted molar refractivity (Wildman–Crippen MR) is 89.4 cm³/mol. The summed E-state index contributed by atoms with van der Waals surface area (Å²) in [5.74, 6) is 1.14. The van der Waals surface area contributed by atoms with Gasteiger partial charge in [-0.15, -0.1) is 11.3 Å². The van der Waals surface area contributed by atoms with Gasteiger partial charge in [0.2, 0.25) is 17.2 Å². The first-order valence-electron chi connectivity index (χ1n) is 7.13. The van der Waals surface area contributed by atoms with Gasteiger partial charge in [-0.25, -0.2) is 0 Å². The first-order valence-corrected chi connectivity index (χ1v) is 8.39. The summed E-state index contributed by atoms with van der Waals surface area (Å²) in [6, 6.07) is 2.16. The summed E-state index contributed by atoms with van der Waals surface area (Å²) in [4.78, 5) is 16.1. The Morgan fingerprint density at radius 1 is 1.19 bits per heavy atom. The van der Waals surface area contributed by atoms with Gasteiger partial charge in [-0.1, -0.05) is 6.92 Å². The largest absolute Gasteiger partial charge is 0.349 e. The predicted octanol–water partition coefficient (Wildman–Crippen LogP) is 3.61. The Bertz CT molecular complexity index is 582. The number of anilines is 2. The van der Waals surface area contributed by atoms with E-state index < -0.39 is 0 Å². The number of aryl methyl sites for hydroxylation is 1. The van der Waals surface area contributed by atoms with Crippen LogP contribution in [0, 0.1) is 0 Å². The van der Waals surface area contributed by atoms with E-state index in [-0.39, 0.29) is 5.28 Å². The van der Waals surface area contributed by atoms with E-state index in [4.69, 9.17) is 11.6 Å². The smallest absolute Gasteiger partial charge is 0.231 e. The lowest BCUT2D eigenvalue weighted by atomic mass is 10.2. The van der Waals surface area contributed by atoms with Crippen molar-refractivity contribution in [2.45, 2.75) is 33.7 Å². The van der Waals surface area contributed by atoms with Gasteiger partial charge in [0.1, 0.15) is 0 Å². The molecule has 2 aromatic rings. The van der Waals surface area contributed by atoms with E-state index in [9.17, 15) is 0 Å². The van der Waals surface area contributed by atoms with Crippen LogP contribution in [0.15, 0.2) is 11.4 Å². The molecule has 0 saturated carbocycles. The number of hydrogen-bond acceptors (Lipinski definition) is 6. The highest BCUT2D eigenvalue weighted by Gasteiger charge is 2.10. The van der Waals surface area contributed by atoms with E-state index in [2.05, 4.69) is 52.5 Å². The first kappa shape index (κ1) is 16.0. The minimum atomic E-state index is 0.219. The van der Waals surface area contributed by atoms with Gasteiger partial charge in [0.15, 0.2) is 0 Å². The van der Waals surface area contributed by atoms with E-state index in [0.717, 1.165) is 19.5 Å². The molecule has 2 aromatic heterocycles. The SMILES string of the molecule is CCc1ccsc1CNc1nc(Cl)nc(N(CC)CC)n1. The molecule has 21 heavy (non-hydrogen) atoms. The Balaban J connectivity index is 2.13. The van der Waals surface area contributed by atoms with Crippen LogP contribution in [0.3, 0.4) is 0 Å². The van der Waals surface area contributed by atoms with Gasteiger partial charge in [0.05, 0.1) is 6.54 Å². The molecule has 2 heterocycles. The summed E-state index contributed by atoms with van der Waals surface area (Å²) >= 11 is 7.74. The zero-order chi connectivity index (χ0) is 15.2. The number of hydrogen-bond donors (Lipinski definition) is 1. The molecule has 0 radical (unpaired) electrons. The van der Waals surface area contributed by atoms with E-state index in [1.807, 2.05) is 4.90 Å². The van der Waals surface area contributed by atoms with Crippen molar-refractivity contribution in [2.75, 3.05) is 23.3 Å². The lowest BCUT2D eigenvalue weighted by Gasteiger charge is -2.18. The molecule has 0 amide bonds. The lowest BCUT2D eigenvalue weighted by molar-refractivity contribution is 0.811.